The highest BCUT2D eigenvalue weighted by molar-refractivity contribution is 5.83. The molecule has 3 aliphatic rings. The SMILES string of the molecule is CCOC(=O)C12CC(CN1)C2. The Hall–Kier alpha value is -0.570. The van der Waals surface area contributed by atoms with Crippen molar-refractivity contribution in [2.75, 3.05) is 13.2 Å². The summed E-state index contributed by atoms with van der Waals surface area (Å²) in [6.07, 6.45) is 1.98. The van der Waals surface area contributed by atoms with Gasteiger partial charge in [-0.1, -0.05) is 0 Å². The normalized spacial score (nSPS) is 39.9. The number of ether oxygens (including phenoxy) is 1. The molecule has 0 atom stereocenters. The first-order valence-electron chi connectivity index (χ1n) is 4.19. The molecule has 2 aliphatic heterocycles. The number of rotatable bonds is 2. The van der Waals surface area contributed by atoms with Crippen molar-refractivity contribution in [3.05, 3.63) is 0 Å². The fraction of sp³-hybridized carbons (Fsp3) is 0.875. The Morgan fingerprint density at radius 1 is 1.73 bits per heavy atom. The van der Waals surface area contributed by atoms with Crippen molar-refractivity contribution < 1.29 is 9.53 Å². The number of carbonyl (C=O) groups excluding carboxylic acids is 1. The van der Waals surface area contributed by atoms with Gasteiger partial charge in [-0.3, -0.25) is 4.79 Å². The van der Waals surface area contributed by atoms with E-state index in [1.54, 1.807) is 0 Å². The largest absolute Gasteiger partial charge is 0.465 e. The maximum Gasteiger partial charge on any atom is 0.326 e. The lowest BCUT2D eigenvalue weighted by Gasteiger charge is -2.34. The molecule has 0 radical (unpaired) electrons. The molecule has 0 aromatic heterocycles. The third-order valence-electron chi connectivity index (χ3n) is 2.67. The van der Waals surface area contributed by atoms with Crippen molar-refractivity contribution in [3.63, 3.8) is 0 Å². The van der Waals surface area contributed by atoms with Crippen molar-refractivity contribution in [3.8, 4) is 0 Å². The standard InChI is InChI=1S/C8H13NO2/c1-2-11-7(10)8-3-6(4-8)5-9-8/h6,9H,2-5H2,1H3. The Morgan fingerprint density at radius 2 is 2.45 bits per heavy atom. The zero-order valence-electron chi connectivity index (χ0n) is 6.72. The Morgan fingerprint density at radius 3 is 2.91 bits per heavy atom. The first-order chi connectivity index (χ1) is 5.27. The Bertz CT molecular complexity index is 179. The number of hydrogen-bond acceptors (Lipinski definition) is 3. The van der Waals surface area contributed by atoms with Crippen LogP contribution in [-0.4, -0.2) is 24.7 Å². The van der Waals surface area contributed by atoms with E-state index in [9.17, 15) is 4.79 Å². The molecule has 2 bridgehead atoms. The first-order valence-corrected chi connectivity index (χ1v) is 4.19. The molecule has 2 saturated heterocycles. The fourth-order valence-corrected chi connectivity index (χ4v) is 2.06. The fourth-order valence-electron chi connectivity index (χ4n) is 2.06. The Balaban J connectivity index is 1.99. The zero-order chi connectivity index (χ0) is 7.90. The van der Waals surface area contributed by atoms with Crippen LogP contribution in [0.4, 0.5) is 0 Å². The second-order valence-corrected chi connectivity index (χ2v) is 3.46. The van der Waals surface area contributed by atoms with Gasteiger partial charge in [0.05, 0.1) is 6.61 Å². The summed E-state index contributed by atoms with van der Waals surface area (Å²) < 4.78 is 4.97. The lowest BCUT2D eigenvalue weighted by atomic mass is 9.74. The Labute approximate surface area is 66.1 Å². The van der Waals surface area contributed by atoms with E-state index in [1.165, 1.54) is 0 Å². The van der Waals surface area contributed by atoms with Crippen LogP contribution in [0.1, 0.15) is 19.8 Å². The number of hydrogen-bond donors (Lipinski definition) is 1. The van der Waals surface area contributed by atoms with Crippen LogP contribution in [0.2, 0.25) is 0 Å². The van der Waals surface area contributed by atoms with E-state index in [0.29, 0.717) is 6.61 Å². The maximum atomic E-state index is 11.3. The smallest absolute Gasteiger partial charge is 0.326 e. The van der Waals surface area contributed by atoms with Crippen LogP contribution in [0.3, 0.4) is 0 Å². The van der Waals surface area contributed by atoms with Crippen molar-refractivity contribution in [1.82, 2.24) is 5.32 Å². The van der Waals surface area contributed by atoms with Crippen molar-refractivity contribution >= 4 is 5.97 Å². The van der Waals surface area contributed by atoms with Gasteiger partial charge < -0.3 is 10.1 Å². The minimum atomic E-state index is -0.263. The number of nitrogens with one attached hydrogen (secondary N) is 1. The summed E-state index contributed by atoms with van der Waals surface area (Å²) in [7, 11) is 0. The molecule has 0 aromatic carbocycles. The van der Waals surface area contributed by atoms with E-state index in [2.05, 4.69) is 5.32 Å². The van der Waals surface area contributed by atoms with E-state index in [0.717, 1.165) is 25.3 Å². The highest BCUT2D eigenvalue weighted by Gasteiger charge is 2.56. The third kappa shape index (κ3) is 0.872. The van der Waals surface area contributed by atoms with Crippen molar-refractivity contribution in [1.29, 1.82) is 0 Å². The van der Waals surface area contributed by atoms with Crippen LogP contribution in [0.25, 0.3) is 0 Å². The average Bonchev–Trinajstić information content (AvgIpc) is 2.42. The molecule has 3 nitrogen and oxygen atoms in total. The first kappa shape index (κ1) is 7.10. The van der Waals surface area contributed by atoms with Gasteiger partial charge in [0.25, 0.3) is 0 Å². The van der Waals surface area contributed by atoms with Gasteiger partial charge in [0.15, 0.2) is 0 Å². The molecule has 3 rings (SSSR count). The molecule has 1 aliphatic carbocycles. The van der Waals surface area contributed by atoms with E-state index >= 15 is 0 Å². The van der Waals surface area contributed by atoms with Gasteiger partial charge >= 0.3 is 5.97 Å². The second kappa shape index (κ2) is 2.21. The molecule has 0 spiro atoms. The molecule has 1 N–H and O–H groups in total. The number of fused-ring (bicyclic) bond motifs is 1. The summed E-state index contributed by atoms with van der Waals surface area (Å²) in [6.45, 7) is 3.34. The average molecular weight is 155 g/mol. The number of esters is 1. The quantitative estimate of drug-likeness (QED) is 0.583. The predicted molar refractivity (Wildman–Crippen MR) is 40.1 cm³/mol. The monoisotopic (exact) mass is 155 g/mol. The topological polar surface area (TPSA) is 38.3 Å². The molecular weight excluding hydrogens is 142 g/mol. The summed E-state index contributed by atoms with van der Waals surface area (Å²) in [5.41, 5.74) is -0.263. The maximum absolute atomic E-state index is 11.3. The van der Waals surface area contributed by atoms with Crippen LogP contribution in [-0.2, 0) is 9.53 Å². The molecule has 11 heavy (non-hydrogen) atoms. The van der Waals surface area contributed by atoms with Gasteiger partial charge in [-0.15, -0.1) is 0 Å². The second-order valence-electron chi connectivity index (χ2n) is 3.46. The van der Waals surface area contributed by atoms with Crippen LogP contribution in [0.15, 0.2) is 0 Å². The Kier molecular flexibility index (Phi) is 1.42. The molecular formula is C8H13NO2. The summed E-state index contributed by atoms with van der Waals surface area (Å²) >= 11 is 0. The molecule has 0 aromatic rings. The van der Waals surface area contributed by atoms with Gasteiger partial charge in [0.2, 0.25) is 0 Å². The zero-order valence-corrected chi connectivity index (χ0v) is 6.72. The van der Waals surface area contributed by atoms with E-state index in [-0.39, 0.29) is 11.5 Å². The van der Waals surface area contributed by atoms with Gasteiger partial charge in [-0.05, 0) is 32.2 Å². The summed E-state index contributed by atoms with van der Waals surface area (Å²) in [4.78, 5) is 11.3. The van der Waals surface area contributed by atoms with Crippen molar-refractivity contribution in [2.45, 2.75) is 25.3 Å². The summed E-state index contributed by atoms with van der Waals surface area (Å²) in [5.74, 6) is 0.688. The van der Waals surface area contributed by atoms with Crippen LogP contribution >= 0.6 is 0 Å². The molecule has 0 amide bonds. The molecule has 2 heterocycles. The van der Waals surface area contributed by atoms with Gasteiger partial charge in [0, 0.05) is 0 Å². The van der Waals surface area contributed by atoms with E-state index < -0.39 is 0 Å². The molecule has 1 saturated carbocycles. The van der Waals surface area contributed by atoms with Gasteiger partial charge in [-0.25, -0.2) is 0 Å². The molecule has 0 unspecified atom stereocenters. The third-order valence-corrected chi connectivity index (χ3v) is 2.67. The minimum absolute atomic E-state index is 0.0475. The van der Waals surface area contributed by atoms with Crippen LogP contribution in [0, 0.1) is 5.92 Å². The highest BCUT2D eigenvalue weighted by atomic mass is 16.5. The van der Waals surface area contributed by atoms with E-state index in [4.69, 9.17) is 4.74 Å². The lowest BCUT2D eigenvalue weighted by Crippen LogP contribution is -2.51. The van der Waals surface area contributed by atoms with Gasteiger partial charge in [-0.2, -0.15) is 0 Å². The molecule has 3 heteroatoms. The van der Waals surface area contributed by atoms with Crippen molar-refractivity contribution in [2.24, 2.45) is 5.92 Å². The minimum Gasteiger partial charge on any atom is -0.465 e. The molecule has 3 fully saturated rings. The lowest BCUT2D eigenvalue weighted by molar-refractivity contribution is -0.153. The predicted octanol–water partition coefficient (Wildman–Crippen LogP) is 0.301. The highest BCUT2D eigenvalue weighted by Crippen LogP contribution is 2.44. The van der Waals surface area contributed by atoms with Gasteiger partial charge in [0.1, 0.15) is 5.54 Å². The molecule has 62 valence electrons. The van der Waals surface area contributed by atoms with Crippen LogP contribution in [0.5, 0.6) is 0 Å². The van der Waals surface area contributed by atoms with Crippen LogP contribution < -0.4 is 5.32 Å². The summed E-state index contributed by atoms with van der Waals surface area (Å²) in [5, 5.41) is 3.22. The summed E-state index contributed by atoms with van der Waals surface area (Å²) in [6, 6.07) is 0. The number of carbonyl (C=O) groups is 1. The van der Waals surface area contributed by atoms with E-state index in [1.807, 2.05) is 6.92 Å².